The van der Waals surface area contributed by atoms with Crippen molar-refractivity contribution in [2.75, 3.05) is 26.0 Å². The topological polar surface area (TPSA) is 310 Å². The molecule has 0 saturated carbocycles. The lowest BCUT2D eigenvalue weighted by Crippen LogP contribution is -2.25. The van der Waals surface area contributed by atoms with Gasteiger partial charge in [0.1, 0.15) is 35.5 Å². The highest BCUT2D eigenvalue weighted by molar-refractivity contribution is 7.98. The van der Waals surface area contributed by atoms with Gasteiger partial charge in [-0.3, -0.25) is 24.5 Å². The number of hydrogen-bond acceptors (Lipinski definition) is 22. The summed E-state index contributed by atoms with van der Waals surface area (Å²) in [7, 11) is 0. The van der Waals surface area contributed by atoms with Gasteiger partial charge in [0.2, 0.25) is 5.91 Å². The van der Waals surface area contributed by atoms with Crippen molar-refractivity contribution in [1.29, 1.82) is 0 Å². The molecule has 0 spiro atoms. The van der Waals surface area contributed by atoms with Crippen LogP contribution in [0.4, 0.5) is 0 Å². The van der Waals surface area contributed by atoms with E-state index in [1.807, 2.05) is 124 Å². The fourth-order valence-electron chi connectivity index (χ4n) is 8.92. The SMILES string of the molecule is CCCCN1CCCC1=O.CCCc1nn[nH]n1.CCOc1ccsc1C.CCc1cc(C)on1.CCc1cc2nccnc2cc1Cl.CCc1ccccc1SC.CCc1nocc1C.Cc1cc(=O)[nH]c(=O)[nH]1.Cc1ccc(-n2ccnc2)cc1.Cc1conc1C.Cc1conc1C.Cc1nc(Cl)c(C)s1. The number of H-pyrrole nitrogens is 3. The van der Waals surface area contributed by atoms with Crippen molar-refractivity contribution < 1.29 is 27.6 Å². The average molecular weight is 1590 g/mol. The maximum absolute atomic E-state index is 11.0. The van der Waals surface area contributed by atoms with Crippen LogP contribution in [-0.2, 0) is 36.9 Å². The van der Waals surface area contributed by atoms with Crippen LogP contribution in [-0.4, -0.2) is 112 Å². The Balaban J connectivity index is 0.000000310. The Labute approximate surface area is 663 Å². The Hall–Kier alpha value is -9.67. The fraction of sp³-hybridized carbons (Fsp3) is 0.400. The normalized spacial score (nSPS) is 10.6. The molecule has 588 valence electrons. The molecule has 1 saturated heterocycles. The number of carbonyl (C=O) groups excluding carboxylic acids is 1. The van der Waals surface area contributed by atoms with E-state index in [0.29, 0.717) is 16.8 Å². The predicted octanol–water partition coefficient (Wildman–Crippen LogP) is 19.5. The Morgan fingerprint density at radius 2 is 1.32 bits per heavy atom. The maximum Gasteiger partial charge on any atom is 0.325 e. The maximum atomic E-state index is 11.0. The highest BCUT2D eigenvalue weighted by atomic mass is 35.5. The quantitative estimate of drug-likeness (QED) is 0.0903. The molecular weight excluding hydrogens is 1480 g/mol. The first kappa shape index (κ1) is 93.5. The number of fused-ring (bicyclic) bond motifs is 1. The molecule has 0 atom stereocenters. The number of carbonyl (C=O) groups is 1. The first-order valence-corrected chi connectivity index (χ1v) is 39.7. The second kappa shape index (κ2) is 54.0. The molecule has 29 heteroatoms. The molecule has 24 nitrogen and oxygen atoms in total. The van der Waals surface area contributed by atoms with Crippen molar-refractivity contribution in [3.05, 3.63) is 253 Å². The molecule has 0 bridgehead atoms. The van der Waals surface area contributed by atoms with Gasteiger partial charge in [-0.2, -0.15) is 5.21 Å². The molecule has 1 amide bonds. The summed E-state index contributed by atoms with van der Waals surface area (Å²) in [6.07, 6.45) is 26.1. The molecule has 3 aromatic carbocycles. The van der Waals surface area contributed by atoms with Gasteiger partial charge in [-0.25, -0.2) is 14.8 Å². The van der Waals surface area contributed by atoms with Gasteiger partial charge in [0.25, 0.3) is 5.56 Å². The van der Waals surface area contributed by atoms with Crippen molar-refractivity contribution in [3.8, 4) is 11.4 Å². The monoisotopic (exact) mass is 1590 g/mol. The van der Waals surface area contributed by atoms with Gasteiger partial charge >= 0.3 is 5.69 Å². The van der Waals surface area contributed by atoms with Crippen molar-refractivity contribution in [1.82, 2.24) is 80.6 Å². The van der Waals surface area contributed by atoms with E-state index in [0.717, 1.165) is 171 Å². The van der Waals surface area contributed by atoms with E-state index in [2.05, 4.69) is 190 Å². The highest BCUT2D eigenvalue weighted by Crippen LogP contribution is 2.24. The Morgan fingerprint density at radius 1 is 0.670 bits per heavy atom. The van der Waals surface area contributed by atoms with E-state index in [4.69, 9.17) is 32.5 Å². The number of hydrogen-bond donors (Lipinski definition) is 3. The number of rotatable bonds is 13. The summed E-state index contributed by atoms with van der Waals surface area (Å²) in [5, 5.41) is 32.6. The van der Waals surface area contributed by atoms with Crippen LogP contribution in [0.2, 0.25) is 10.2 Å². The van der Waals surface area contributed by atoms with Gasteiger partial charge in [0.05, 0.1) is 51.8 Å². The standard InChI is InChI=1S/C10H9ClN2.C10H10N2.C9H12S.C8H15NO.C7H10OS.2C6H9NO.C5H6ClNS.C5H6N2O2.2C5H7NO.C4H8N4/c1-2-7-5-9-10(6-8(7)11)13-4-3-12-9;1-9-2-4-10(5-3-9)12-7-6-11-8-12;1-3-8-6-4-5-7-9(8)10-2;1-2-3-6-9-7-4-5-8(9)10;1-3-8-7-4-5-9-6(7)2;1-3-6-5(2)4-8-7-6;1-3-6-4-5(2)8-7-6;1-3-5(6)7-4(2)8-3;1-3-2-4(8)7-5(9)6-3;2*1-4-3-7-6-5(4)2;1-2-3-4-5-7-8-6-4/h3-6H,2H2,1H3;2-8H,1H3;4-7H,3H2,1-2H3;2-7H2,1H3;4-5H,3H2,1-2H3;2*4H,3H2,1-2H3;1-2H3;2H,1H3,(H2,6,7,8,9);2*3H,1-2H3;2-3H2,1H3,(H,5,6,7,8). The second-order valence-electron chi connectivity index (χ2n) is 24.1. The highest BCUT2D eigenvalue weighted by Gasteiger charge is 2.18. The minimum Gasteiger partial charge on any atom is -0.493 e. The zero-order valence-electron chi connectivity index (χ0n) is 66.5. The number of thiazole rings is 1. The number of amides is 1. The summed E-state index contributed by atoms with van der Waals surface area (Å²) in [5.41, 5.74) is 13.9. The summed E-state index contributed by atoms with van der Waals surface area (Å²) in [5.74, 6) is 3.07. The Bertz CT molecular complexity index is 4520. The van der Waals surface area contributed by atoms with Crippen LogP contribution in [0.3, 0.4) is 0 Å². The molecule has 1 fully saturated rings. The van der Waals surface area contributed by atoms with Crippen LogP contribution >= 0.6 is 57.6 Å². The van der Waals surface area contributed by atoms with E-state index < -0.39 is 5.69 Å². The molecule has 3 N–H and O–H groups in total. The number of halogens is 2. The number of nitrogens with one attached hydrogen (secondary N) is 3. The van der Waals surface area contributed by atoms with Crippen molar-refractivity contribution in [2.24, 2.45) is 0 Å². The van der Waals surface area contributed by atoms with Crippen molar-refractivity contribution >= 4 is 74.6 Å². The van der Waals surface area contributed by atoms with Gasteiger partial charge in [-0.05, 0) is 187 Å². The minimum absolute atomic E-state index is 0.355. The minimum atomic E-state index is -0.458. The molecule has 0 aliphatic carbocycles. The molecule has 14 rings (SSSR count). The van der Waals surface area contributed by atoms with Crippen LogP contribution < -0.4 is 16.0 Å². The number of ether oxygens (including phenoxy) is 1. The lowest BCUT2D eigenvalue weighted by Gasteiger charge is -2.13. The third-order valence-electron chi connectivity index (χ3n) is 15.3. The number of imidazole rings is 1. The van der Waals surface area contributed by atoms with Gasteiger partial charge in [0, 0.05) is 111 Å². The van der Waals surface area contributed by atoms with E-state index in [9.17, 15) is 14.4 Å². The first-order valence-electron chi connectivity index (χ1n) is 36.0. The number of thiophene rings is 1. The number of aromatic nitrogens is 15. The lowest BCUT2D eigenvalue weighted by atomic mass is 10.1. The van der Waals surface area contributed by atoms with Crippen molar-refractivity contribution in [3.63, 3.8) is 0 Å². The van der Waals surface area contributed by atoms with Crippen molar-refractivity contribution in [2.45, 2.75) is 194 Å². The zero-order valence-corrected chi connectivity index (χ0v) is 70.4. The predicted molar refractivity (Wildman–Crippen MR) is 441 cm³/mol. The number of aryl methyl sites for hydroxylation is 16. The van der Waals surface area contributed by atoms with E-state index >= 15 is 0 Å². The number of unbranched alkanes of at least 4 members (excludes halogenated alkanes) is 1. The van der Waals surface area contributed by atoms with Gasteiger partial charge in [-0.1, -0.05) is 133 Å². The Morgan fingerprint density at radius 3 is 1.72 bits per heavy atom. The van der Waals surface area contributed by atoms with Crippen LogP contribution in [0.15, 0.2) is 167 Å². The molecule has 1 aliphatic rings. The molecule has 1 aliphatic heterocycles. The first-order chi connectivity index (χ1) is 52.3. The van der Waals surface area contributed by atoms with E-state index in [-0.39, 0.29) is 5.56 Å². The molecular formula is C80H108Cl2N16O8S3. The number of benzene rings is 3. The fourth-order valence-corrected chi connectivity index (χ4v) is 11.5. The average Bonchev–Trinajstić information content (AvgIpc) is 1.81. The molecule has 0 radical (unpaired) electrons. The van der Waals surface area contributed by atoms with E-state index in [1.165, 1.54) is 33.4 Å². The summed E-state index contributed by atoms with van der Waals surface area (Å²) >= 11 is 16.8. The summed E-state index contributed by atoms with van der Waals surface area (Å²) in [6, 6.07) is 26.0. The largest absolute Gasteiger partial charge is 0.493 e. The third kappa shape index (κ3) is 37.8. The second-order valence-corrected chi connectivity index (χ2v) is 28.2. The van der Waals surface area contributed by atoms with Crippen LogP contribution in [0.25, 0.3) is 16.7 Å². The number of tetrazole rings is 1. The third-order valence-corrected chi connectivity index (χ3v) is 18.7. The lowest BCUT2D eigenvalue weighted by molar-refractivity contribution is -0.127. The van der Waals surface area contributed by atoms with E-state index in [1.54, 1.807) is 73.3 Å². The van der Waals surface area contributed by atoms with Gasteiger partial charge in [-0.15, -0.1) is 44.6 Å². The van der Waals surface area contributed by atoms with Crippen LogP contribution in [0.1, 0.15) is 169 Å². The van der Waals surface area contributed by atoms with Gasteiger partial charge < -0.3 is 37.3 Å². The number of thioether (sulfide) groups is 1. The summed E-state index contributed by atoms with van der Waals surface area (Å²) in [6.45, 7) is 38.7. The molecule has 109 heavy (non-hydrogen) atoms. The number of likely N-dealkylation sites (tertiary alicyclic amines) is 1. The van der Waals surface area contributed by atoms with Crippen LogP contribution in [0, 0.1) is 76.2 Å². The zero-order chi connectivity index (χ0) is 80.5. The number of nitrogens with zero attached hydrogens (tertiary/aromatic N) is 13. The smallest absolute Gasteiger partial charge is 0.325 e. The molecule has 13 aromatic rings. The molecule has 0 unspecified atom stereocenters. The summed E-state index contributed by atoms with van der Waals surface area (Å²) < 4.78 is 26.0. The van der Waals surface area contributed by atoms with Crippen LogP contribution in [0.5, 0.6) is 5.75 Å². The molecule has 10 aromatic heterocycles. The number of aromatic amines is 3. The Kier molecular flexibility index (Phi) is 46.3. The molecule has 11 heterocycles. The summed E-state index contributed by atoms with van der Waals surface area (Å²) in [4.78, 5) is 58.4. The van der Waals surface area contributed by atoms with Gasteiger partial charge in [0.15, 0.2) is 5.82 Å².